The summed E-state index contributed by atoms with van der Waals surface area (Å²) in [6, 6.07) is 11.3. The van der Waals surface area contributed by atoms with Crippen LogP contribution in [0.1, 0.15) is 16.8 Å². The highest BCUT2D eigenvalue weighted by atomic mass is 19.1. The number of anilines is 3. The molecule has 30 heavy (non-hydrogen) atoms. The van der Waals surface area contributed by atoms with Crippen molar-refractivity contribution in [3.8, 4) is 5.75 Å². The van der Waals surface area contributed by atoms with E-state index in [0.29, 0.717) is 5.69 Å². The van der Waals surface area contributed by atoms with E-state index in [1.54, 1.807) is 6.92 Å². The fraction of sp³-hybridized carbons (Fsp3) is 0.227. The van der Waals surface area contributed by atoms with Crippen molar-refractivity contribution in [2.24, 2.45) is 0 Å². The van der Waals surface area contributed by atoms with Gasteiger partial charge in [-0.25, -0.2) is 9.37 Å². The highest BCUT2D eigenvalue weighted by Crippen LogP contribution is 2.21. The van der Waals surface area contributed by atoms with Crippen molar-refractivity contribution in [3.63, 3.8) is 0 Å². The molecule has 0 saturated heterocycles. The molecule has 0 aliphatic carbocycles. The van der Waals surface area contributed by atoms with Gasteiger partial charge >= 0.3 is 0 Å². The maximum absolute atomic E-state index is 13.9. The minimum absolute atomic E-state index is 0.0758. The van der Waals surface area contributed by atoms with Gasteiger partial charge < -0.3 is 15.4 Å². The highest BCUT2D eigenvalue weighted by molar-refractivity contribution is 5.90. The zero-order valence-electron chi connectivity index (χ0n) is 17.2. The minimum atomic E-state index is -0.596. The van der Waals surface area contributed by atoms with Gasteiger partial charge in [0.15, 0.2) is 11.6 Å². The van der Waals surface area contributed by atoms with Crippen LogP contribution in [0.2, 0.25) is 0 Å². The molecule has 7 nitrogen and oxygen atoms in total. The van der Waals surface area contributed by atoms with E-state index >= 15 is 0 Å². The molecule has 0 unspecified atom stereocenters. The van der Waals surface area contributed by atoms with E-state index in [-0.39, 0.29) is 29.5 Å². The second kappa shape index (κ2) is 8.77. The van der Waals surface area contributed by atoms with Gasteiger partial charge in [-0.3, -0.25) is 14.2 Å². The Morgan fingerprint density at radius 3 is 2.40 bits per heavy atom. The lowest BCUT2D eigenvalue weighted by Crippen LogP contribution is -2.30. The largest absolute Gasteiger partial charge is 0.494 e. The van der Waals surface area contributed by atoms with Crippen molar-refractivity contribution in [2.45, 2.75) is 27.3 Å². The summed E-state index contributed by atoms with van der Waals surface area (Å²) in [7, 11) is 1.36. The summed E-state index contributed by atoms with van der Waals surface area (Å²) in [6.45, 7) is 5.36. The molecule has 8 heteroatoms. The Bertz CT molecular complexity index is 1140. The monoisotopic (exact) mass is 410 g/mol. The second-order valence-corrected chi connectivity index (χ2v) is 7.04. The first-order valence-corrected chi connectivity index (χ1v) is 9.32. The molecular weight excluding hydrogens is 387 g/mol. The molecule has 0 radical (unpaired) electrons. The quantitative estimate of drug-likeness (QED) is 0.647. The summed E-state index contributed by atoms with van der Waals surface area (Å²) in [5, 5.41) is 5.71. The van der Waals surface area contributed by atoms with E-state index in [9.17, 15) is 14.0 Å². The summed E-state index contributed by atoms with van der Waals surface area (Å²) in [5.41, 5.74) is 3.29. The molecule has 0 spiro atoms. The Hall–Kier alpha value is -3.68. The number of nitrogens with one attached hydrogen (secondary N) is 2. The maximum atomic E-state index is 13.9. The van der Waals surface area contributed by atoms with Gasteiger partial charge in [-0.05, 0) is 56.2 Å². The maximum Gasteiger partial charge on any atom is 0.255 e. The molecule has 0 aliphatic rings. The third kappa shape index (κ3) is 5.02. The number of nitrogens with zero attached hydrogens (tertiary/aromatic N) is 2. The lowest BCUT2D eigenvalue weighted by molar-refractivity contribution is -0.116. The summed E-state index contributed by atoms with van der Waals surface area (Å²) in [4.78, 5) is 29.4. The molecule has 3 rings (SSSR count). The van der Waals surface area contributed by atoms with Gasteiger partial charge in [0.25, 0.3) is 5.56 Å². The molecule has 3 aromatic rings. The number of hydrogen-bond acceptors (Lipinski definition) is 5. The van der Waals surface area contributed by atoms with Crippen LogP contribution in [0, 0.1) is 26.6 Å². The highest BCUT2D eigenvalue weighted by Gasteiger charge is 2.13. The van der Waals surface area contributed by atoms with Crippen LogP contribution in [0.25, 0.3) is 0 Å². The van der Waals surface area contributed by atoms with Crippen LogP contribution in [-0.2, 0) is 11.3 Å². The van der Waals surface area contributed by atoms with Crippen LogP contribution in [0.5, 0.6) is 5.75 Å². The number of halogens is 1. The third-order valence-electron chi connectivity index (χ3n) is 4.35. The number of carbonyl (C=O) groups is 1. The number of carbonyl (C=O) groups excluding carboxylic acids is 1. The lowest BCUT2D eigenvalue weighted by atomic mass is 10.1. The topological polar surface area (TPSA) is 85.2 Å². The van der Waals surface area contributed by atoms with Gasteiger partial charge in [0, 0.05) is 29.2 Å². The van der Waals surface area contributed by atoms with E-state index in [2.05, 4.69) is 15.6 Å². The average molecular weight is 410 g/mol. The molecule has 1 aromatic heterocycles. The Balaban J connectivity index is 1.85. The van der Waals surface area contributed by atoms with Gasteiger partial charge in [-0.1, -0.05) is 6.07 Å². The Morgan fingerprint density at radius 2 is 1.77 bits per heavy atom. The third-order valence-corrected chi connectivity index (χ3v) is 4.35. The summed E-state index contributed by atoms with van der Waals surface area (Å²) in [6.07, 6.45) is 0. The molecule has 1 heterocycles. The SMILES string of the molecule is COc1ccc(NC(=O)Cn2c(Nc3cc(C)cc(C)c3)nc(C)cc2=O)cc1F. The normalized spacial score (nSPS) is 10.6. The summed E-state index contributed by atoms with van der Waals surface area (Å²) in [5.74, 6) is -0.759. The van der Waals surface area contributed by atoms with Gasteiger partial charge in [0.05, 0.1) is 7.11 Å². The fourth-order valence-electron chi connectivity index (χ4n) is 3.13. The first-order chi connectivity index (χ1) is 14.2. The number of rotatable bonds is 6. The Kier molecular flexibility index (Phi) is 6.15. The minimum Gasteiger partial charge on any atom is -0.494 e. The zero-order chi connectivity index (χ0) is 21.8. The first kappa shape index (κ1) is 21.0. The Labute approximate surface area is 173 Å². The van der Waals surface area contributed by atoms with Crippen LogP contribution in [0.4, 0.5) is 21.7 Å². The predicted octanol–water partition coefficient (Wildman–Crippen LogP) is 3.70. The number of benzene rings is 2. The van der Waals surface area contributed by atoms with Crippen molar-refractivity contribution in [2.75, 3.05) is 17.7 Å². The number of amides is 1. The number of aromatic nitrogens is 2. The van der Waals surface area contributed by atoms with Crippen LogP contribution >= 0.6 is 0 Å². The second-order valence-electron chi connectivity index (χ2n) is 7.04. The summed E-state index contributed by atoms with van der Waals surface area (Å²) < 4.78 is 20.0. The van der Waals surface area contributed by atoms with Crippen LogP contribution < -0.4 is 20.9 Å². The van der Waals surface area contributed by atoms with E-state index < -0.39 is 11.7 Å². The van der Waals surface area contributed by atoms with E-state index in [1.807, 2.05) is 32.0 Å². The molecule has 0 bridgehead atoms. The van der Waals surface area contributed by atoms with Crippen molar-refractivity contribution in [1.82, 2.24) is 9.55 Å². The molecule has 1 amide bonds. The lowest BCUT2D eigenvalue weighted by Gasteiger charge is -2.15. The molecule has 0 atom stereocenters. The number of ether oxygens (including phenoxy) is 1. The zero-order valence-corrected chi connectivity index (χ0v) is 17.2. The first-order valence-electron chi connectivity index (χ1n) is 9.32. The van der Waals surface area contributed by atoms with Crippen molar-refractivity contribution in [3.05, 3.63) is 75.5 Å². The molecule has 2 aromatic carbocycles. The summed E-state index contributed by atoms with van der Waals surface area (Å²) >= 11 is 0. The molecule has 156 valence electrons. The van der Waals surface area contributed by atoms with Gasteiger partial charge in [-0.2, -0.15) is 0 Å². The van der Waals surface area contributed by atoms with Crippen LogP contribution in [-0.4, -0.2) is 22.6 Å². The van der Waals surface area contributed by atoms with Crippen molar-refractivity contribution >= 4 is 23.2 Å². The van der Waals surface area contributed by atoms with Crippen molar-refractivity contribution < 1.29 is 13.9 Å². The van der Waals surface area contributed by atoms with E-state index in [4.69, 9.17) is 4.74 Å². The van der Waals surface area contributed by atoms with Gasteiger partial charge in [0.2, 0.25) is 11.9 Å². The molecule has 0 saturated carbocycles. The molecule has 0 aliphatic heterocycles. The number of methoxy groups -OCH3 is 1. The molecule has 2 N–H and O–H groups in total. The van der Waals surface area contributed by atoms with Crippen LogP contribution in [0.3, 0.4) is 0 Å². The fourth-order valence-corrected chi connectivity index (χ4v) is 3.13. The number of hydrogen-bond donors (Lipinski definition) is 2. The van der Waals surface area contributed by atoms with E-state index in [0.717, 1.165) is 22.9 Å². The standard InChI is InChI=1S/C22H23FN4O3/c1-13-7-14(2)9-17(8-13)26-22-24-15(3)10-21(29)27(22)12-20(28)25-16-5-6-19(30-4)18(23)11-16/h5-11H,12H2,1-4H3,(H,24,26)(H,25,28). The smallest absolute Gasteiger partial charge is 0.255 e. The average Bonchev–Trinajstić information content (AvgIpc) is 2.64. The van der Waals surface area contributed by atoms with Gasteiger partial charge in [-0.15, -0.1) is 0 Å². The molecule has 0 fully saturated rings. The van der Waals surface area contributed by atoms with Crippen molar-refractivity contribution in [1.29, 1.82) is 0 Å². The Morgan fingerprint density at radius 1 is 1.07 bits per heavy atom. The van der Waals surface area contributed by atoms with Gasteiger partial charge in [0.1, 0.15) is 6.54 Å². The number of aryl methyl sites for hydroxylation is 3. The molecular formula is C22H23FN4O3. The van der Waals surface area contributed by atoms with E-state index in [1.165, 1.54) is 29.9 Å². The predicted molar refractivity (Wildman–Crippen MR) is 114 cm³/mol. The van der Waals surface area contributed by atoms with Crippen LogP contribution in [0.15, 0.2) is 47.3 Å².